The molecule has 1 unspecified atom stereocenters. The van der Waals surface area contributed by atoms with Crippen molar-refractivity contribution in [3.8, 4) is 6.07 Å². The minimum absolute atomic E-state index is 0.391. The van der Waals surface area contributed by atoms with Gasteiger partial charge in [-0.1, -0.05) is 0 Å². The summed E-state index contributed by atoms with van der Waals surface area (Å²) in [6.07, 6.45) is 7.44. The van der Waals surface area contributed by atoms with Crippen LogP contribution in [0, 0.1) is 16.7 Å². The number of nitrogens with zero attached hydrogens (tertiary/aromatic N) is 3. The molecule has 0 aromatic rings. The van der Waals surface area contributed by atoms with Crippen molar-refractivity contribution in [2.75, 3.05) is 32.7 Å². The molecule has 2 aliphatic heterocycles. The molecular formula is C14H23N3. The average Bonchev–Trinajstić information content (AvgIpc) is 2.97. The molecule has 2 saturated heterocycles. The Balaban J connectivity index is 1.58. The zero-order valence-electron chi connectivity index (χ0n) is 10.7. The van der Waals surface area contributed by atoms with Gasteiger partial charge in [-0.15, -0.1) is 0 Å². The maximum atomic E-state index is 8.90. The molecule has 1 aliphatic carbocycles. The summed E-state index contributed by atoms with van der Waals surface area (Å²) in [6, 6.07) is 3.20. The molecule has 0 aromatic heterocycles. The molecule has 0 radical (unpaired) electrons. The van der Waals surface area contributed by atoms with Gasteiger partial charge in [0.2, 0.25) is 0 Å². The lowest BCUT2D eigenvalue weighted by molar-refractivity contribution is 0.192. The van der Waals surface area contributed by atoms with Crippen molar-refractivity contribution in [3.05, 3.63) is 0 Å². The second-order valence-electron chi connectivity index (χ2n) is 6.26. The van der Waals surface area contributed by atoms with Gasteiger partial charge in [-0.3, -0.25) is 4.90 Å². The predicted octanol–water partition coefficient (Wildman–Crippen LogP) is 1.85. The standard InChI is InChI=1S/C14H23N3/c15-7-6-14(4-5-14)12-16-8-2-10-17-9-1-3-13(17)11-16/h13H,1-6,8-12H2. The van der Waals surface area contributed by atoms with Gasteiger partial charge in [0.05, 0.1) is 6.07 Å². The maximum Gasteiger partial charge on any atom is 0.0628 e. The first-order valence-corrected chi connectivity index (χ1v) is 7.15. The summed E-state index contributed by atoms with van der Waals surface area (Å²) in [6.45, 7) is 6.31. The van der Waals surface area contributed by atoms with Crippen LogP contribution in [0.5, 0.6) is 0 Å². The molecule has 94 valence electrons. The lowest BCUT2D eigenvalue weighted by Crippen LogP contribution is -2.39. The smallest absolute Gasteiger partial charge is 0.0628 e. The highest BCUT2D eigenvalue weighted by molar-refractivity contribution is 5.02. The van der Waals surface area contributed by atoms with E-state index in [1.807, 2.05) is 0 Å². The van der Waals surface area contributed by atoms with E-state index in [-0.39, 0.29) is 0 Å². The summed E-state index contributed by atoms with van der Waals surface area (Å²) in [4.78, 5) is 5.34. The van der Waals surface area contributed by atoms with Crippen molar-refractivity contribution >= 4 is 0 Å². The van der Waals surface area contributed by atoms with E-state index >= 15 is 0 Å². The van der Waals surface area contributed by atoms with Crippen LogP contribution >= 0.6 is 0 Å². The molecule has 17 heavy (non-hydrogen) atoms. The fourth-order valence-electron chi connectivity index (χ4n) is 3.64. The molecule has 0 aromatic carbocycles. The summed E-state index contributed by atoms with van der Waals surface area (Å²) < 4.78 is 0. The number of rotatable bonds is 3. The Bertz CT molecular complexity index is 316. The van der Waals surface area contributed by atoms with Gasteiger partial charge in [-0.25, -0.2) is 0 Å². The number of hydrogen-bond donors (Lipinski definition) is 0. The third kappa shape index (κ3) is 2.48. The minimum Gasteiger partial charge on any atom is -0.301 e. The molecule has 3 heteroatoms. The summed E-state index contributed by atoms with van der Waals surface area (Å²) in [5.74, 6) is 0. The van der Waals surface area contributed by atoms with Gasteiger partial charge in [0.1, 0.15) is 0 Å². The highest BCUT2D eigenvalue weighted by Crippen LogP contribution is 2.49. The Kier molecular flexibility index (Phi) is 3.10. The fraction of sp³-hybridized carbons (Fsp3) is 0.929. The summed E-state index contributed by atoms with van der Waals surface area (Å²) in [5.41, 5.74) is 0.391. The quantitative estimate of drug-likeness (QED) is 0.745. The van der Waals surface area contributed by atoms with E-state index in [0.29, 0.717) is 5.41 Å². The molecule has 0 N–H and O–H groups in total. The third-order valence-corrected chi connectivity index (χ3v) is 4.86. The van der Waals surface area contributed by atoms with Crippen LogP contribution in [0.15, 0.2) is 0 Å². The van der Waals surface area contributed by atoms with Crippen molar-refractivity contribution in [1.82, 2.24) is 9.80 Å². The second kappa shape index (κ2) is 4.59. The van der Waals surface area contributed by atoms with Crippen LogP contribution < -0.4 is 0 Å². The molecule has 0 amide bonds. The Morgan fingerprint density at radius 3 is 2.76 bits per heavy atom. The third-order valence-electron chi connectivity index (χ3n) is 4.86. The van der Waals surface area contributed by atoms with Crippen molar-refractivity contribution in [2.45, 2.75) is 44.6 Å². The lowest BCUT2D eigenvalue weighted by Gasteiger charge is -2.28. The SMILES string of the molecule is N#CCC1(CN2CCCN3CCCC3C2)CC1. The summed E-state index contributed by atoms with van der Waals surface area (Å²) in [7, 11) is 0. The molecule has 0 spiro atoms. The Morgan fingerprint density at radius 2 is 2.00 bits per heavy atom. The first-order chi connectivity index (χ1) is 8.31. The molecule has 3 nitrogen and oxygen atoms in total. The van der Waals surface area contributed by atoms with Gasteiger partial charge in [-0.2, -0.15) is 5.26 Å². The molecule has 2 heterocycles. The van der Waals surface area contributed by atoms with Crippen LogP contribution in [0.1, 0.15) is 38.5 Å². The lowest BCUT2D eigenvalue weighted by atomic mass is 10.0. The monoisotopic (exact) mass is 233 g/mol. The maximum absolute atomic E-state index is 8.90. The Hall–Kier alpha value is -0.590. The first kappa shape index (κ1) is 11.5. The van der Waals surface area contributed by atoms with E-state index in [0.717, 1.165) is 12.5 Å². The molecule has 1 atom stereocenters. The van der Waals surface area contributed by atoms with Crippen molar-refractivity contribution in [3.63, 3.8) is 0 Å². The van der Waals surface area contributed by atoms with Crippen molar-refractivity contribution in [1.29, 1.82) is 5.26 Å². The van der Waals surface area contributed by atoms with Gasteiger partial charge in [0.15, 0.2) is 0 Å². The minimum atomic E-state index is 0.391. The molecular weight excluding hydrogens is 210 g/mol. The normalized spacial score (nSPS) is 32.8. The largest absolute Gasteiger partial charge is 0.301 e. The topological polar surface area (TPSA) is 30.3 Å². The van der Waals surface area contributed by atoms with Gasteiger partial charge in [0, 0.05) is 25.6 Å². The van der Waals surface area contributed by atoms with Gasteiger partial charge in [0.25, 0.3) is 0 Å². The van der Waals surface area contributed by atoms with Crippen LogP contribution in [-0.2, 0) is 0 Å². The summed E-state index contributed by atoms with van der Waals surface area (Å²) in [5, 5.41) is 8.90. The number of nitriles is 1. The zero-order valence-corrected chi connectivity index (χ0v) is 10.7. The van der Waals surface area contributed by atoms with E-state index in [4.69, 9.17) is 5.26 Å². The second-order valence-corrected chi connectivity index (χ2v) is 6.26. The van der Waals surface area contributed by atoms with Crippen LogP contribution in [0.4, 0.5) is 0 Å². The first-order valence-electron chi connectivity index (χ1n) is 7.15. The van der Waals surface area contributed by atoms with E-state index in [2.05, 4.69) is 15.9 Å². The predicted molar refractivity (Wildman–Crippen MR) is 67.5 cm³/mol. The van der Waals surface area contributed by atoms with E-state index in [1.54, 1.807) is 0 Å². The van der Waals surface area contributed by atoms with Crippen molar-refractivity contribution in [2.24, 2.45) is 5.41 Å². The van der Waals surface area contributed by atoms with Gasteiger partial charge >= 0.3 is 0 Å². The van der Waals surface area contributed by atoms with E-state index in [9.17, 15) is 0 Å². The molecule has 3 aliphatic rings. The summed E-state index contributed by atoms with van der Waals surface area (Å²) >= 11 is 0. The Morgan fingerprint density at radius 1 is 1.18 bits per heavy atom. The zero-order chi connectivity index (χ0) is 11.7. The average molecular weight is 233 g/mol. The molecule has 3 rings (SSSR count). The van der Waals surface area contributed by atoms with E-state index < -0.39 is 0 Å². The fourth-order valence-corrected chi connectivity index (χ4v) is 3.64. The highest BCUT2D eigenvalue weighted by atomic mass is 15.3. The molecule has 0 bridgehead atoms. The van der Waals surface area contributed by atoms with Crippen LogP contribution in [0.25, 0.3) is 0 Å². The molecule has 1 saturated carbocycles. The molecule has 3 fully saturated rings. The van der Waals surface area contributed by atoms with Crippen LogP contribution in [0.3, 0.4) is 0 Å². The number of fused-ring (bicyclic) bond motifs is 1. The highest BCUT2D eigenvalue weighted by Gasteiger charge is 2.44. The van der Waals surface area contributed by atoms with Crippen LogP contribution in [-0.4, -0.2) is 48.6 Å². The number of hydrogen-bond acceptors (Lipinski definition) is 3. The van der Waals surface area contributed by atoms with Gasteiger partial charge in [-0.05, 0) is 57.2 Å². The van der Waals surface area contributed by atoms with Crippen LogP contribution in [0.2, 0.25) is 0 Å². The Labute approximate surface area is 104 Å². The van der Waals surface area contributed by atoms with Crippen molar-refractivity contribution < 1.29 is 0 Å². The van der Waals surface area contributed by atoms with E-state index in [1.165, 1.54) is 64.8 Å². The van der Waals surface area contributed by atoms with Gasteiger partial charge < -0.3 is 4.90 Å².